The van der Waals surface area contributed by atoms with Gasteiger partial charge in [-0.05, 0) is 17.7 Å². The molecule has 2 nitrogen and oxygen atoms in total. The molecule has 1 aliphatic heterocycles. The second-order valence-electron chi connectivity index (χ2n) is 5.93. The first-order valence-corrected chi connectivity index (χ1v) is 7.39. The van der Waals surface area contributed by atoms with Crippen molar-refractivity contribution in [2.75, 3.05) is 25.5 Å². The van der Waals surface area contributed by atoms with E-state index in [1.807, 2.05) is 0 Å². The molecule has 0 fully saturated rings. The molecular weight excluding hydrogens is 244 g/mol. The quantitative estimate of drug-likeness (QED) is 0.892. The maximum Gasteiger partial charge on any atom is 0.103 e. The Hall–Kier alpha value is -1.80. The molecule has 0 amide bonds. The van der Waals surface area contributed by atoms with E-state index < -0.39 is 0 Å². The SMILES string of the molecule is CN(C)c1ccc(C[NH+]2CCc3ccccc3C2)cc1. The second-order valence-corrected chi connectivity index (χ2v) is 5.93. The fraction of sp³-hybridized carbons (Fsp3) is 0.333. The topological polar surface area (TPSA) is 7.68 Å². The van der Waals surface area contributed by atoms with E-state index in [0.29, 0.717) is 0 Å². The molecule has 20 heavy (non-hydrogen) atoms. The molecule has 3 rings (SSSR count). The summed E-state index contributed by atoms with van der Waals surface area (Å²) in [7, 11) is 4.17. The van der Waals surface area contributed by atoms with Gasteiger partial charge in [-0.25, -0.2) is 0 Å². The molecule has 2 heteroatoms. The molecule has 0 bridgehead atoms. The summed E-state index contributed by atoms with van der Waals surface area (Å²) in [6.07, 6.45) is 1.21. The Morgan fingerprint density at radius 3 is 2.35 bits per heavy atom. The van der Waals surface area contributed by atoms with E-state index in [2.05, 4.69) is 67.5 Å². The van der Waals surface area contributed by atoms with Gasteiger partial charge in [-0.3, -0.25) is 0 Å². The highest BCUT2D eigenvalue weighted by molar-refractivity contribution is 5.45. The Labute approximate surface area is 121 Å². The van der Waals surface area contributed by atoms with Crippen LogP contribution in [0.25, 0.3) is 0 Å². The molecule has 0 aromatic heterocycles. The number of nitrogens with one attached hydrogen (secondary N) is 1. The third-order valence-electron chi connectivity index (χ3n) is 4.21. The number of hydrogen-bond donors (Lipinski definition) is 1. The number of nitrogens with zero attached hydrogens (tertiary/aromatic N) is 1. The first kappa shape index (κ1) is 13.2. The van der Waals surface area contributed by atoms with Gasteiger partial charge >= 0.3 is 0 Å². The first-order chi connectivity index (χ1) is 9.72. The van der Waals surface area contributed by atoms with Crippen LogP contribution in [-0.2, 0) is 19.5 Å². The molecule has 1 heterocycles. The predicted molar refractivity (Wildman–Crippen MR) is 84.2 cm³/mol. The summed E-state index contributed by atoms with van der Waals surface area (Å²) in [6, 6.07) is 17.8. The van der Waals surface area contributed by atoms with Crippen LogP contribution in [0.2, 0.25) is 0 Å². The lowest BCUT2D eigenvalue weighted by molar-refractivity contribution is -0.929. The van der Waals surface area contributed by atoms with Crippen LogP contribution >= 0.6 is 0 Å². The van der Waals surface area contributed by atoms with Gasteiger partial charge in [0.05, 0.1) is 6.54 Å². The Morgan fingerprint density at radius 1 is 0.950 bits per heavy atom. The lowest BCUT2D eigenvalue weighted by Gasteiger charge is -2.26. The molecule has 1 atom stereocenters. The van der Waals surface area contributed by atoms with Crippen molar-refractivity contribution in [1.82, 2.24) is 0 Å². The van der Waals surface area contributed by atoms with Crippen molar-refractivity contribution < 1.29 is 4.90 Å². The van der Waals surface area contributed by atoms with Crippen molar-refractivity contribution in [2.45, 2.75) is 19.5 Å². The molecule has 0 radical (unpaired) electrons. The Balaban J connectivity index is 1.67. The lowest BCUT2D eigenvalue weighted by Crippen LogP contribution is -3.10. The van der Waals surface area contributed by atoms with Crippen molar-refractivity contribution in [3.05, 3.63) is 65.2 Å². The van der Waals surface area contributed by atoms with Crippen LogP contribution in [0.5, 0.6) is 0 Å². The van der Waals surface area contributed by atoms with E-state index in [1.165, 1.54) is 29.8 Å². The van der Waals surface area contributed by atoms with Crippen LogP contribution in [0.3, 0.4) is 0 Å². The van der Waals surface area contributed by atoms with Crippen LogP contribution in [0.4, 0.5) is 5.69 Å². The zero-order valence-corrected chi connectivity index (χ0v) is 12.4. The Kier molecular flexibility index (Phi) is 3.75. The van der Waals surface area contributed by atoms with E-state index in [9.17, 15) is 0 Å². The van der Waals surface area contributed by atoms with Gasteiger partial charge in [-0.2, -0.15) is 0 Å². The van der Waals surface area contributed by atoms with Crippen molar-refractivity contribution >= 4 is 5.69 Å². The molecule has 1 N–H and O–H groups in total. The molecule has 0 aliphatic carbocycles. The largest absolute Gasteiger partial charge is 0.378 e. The number of hydrogen-bond acceptors (Lipinski definition) is 1. The summed E-state index contributed by atoms with van der Waals surface area (Å²) in [5.41, 5.74) is 5.77. The number of quaternary nitrogens is 1. The van der Waals surface area contributed by atoms with E-state index in [1.54, 1.807) is 10.5 Å². The van der Waals surface area contributed by atoms with Gasteiger partial charge in [0, 0.05) is 37.3 Å². The minimum Gasteiger partial charge on any atom is -0.378 e. The maximum absolute atomic E-state index is 2.28. The second kappa shape index (κ2) is 5.68. The van der Waals surface area contributed by atoms with Gasteiger partial charge in [-0.15, -0.1) is 0 Å². The molecule has 1 unspecified atom stereocenters. The molecule has 1 aliphatic rings. The van der Waals surface area contributed by atoms with Crippen molar-refractivity contribution in [1.29, 1.82) is 0 Å². The van der Waals surface area contributed by atoms with E-state index in [4.69, 9.17) is 0 Å². The Morgan fingerprint density at radius 2 is 1.65 bits per heavy atom. The van der Waals surface area contributed by atoms with E-state index >= 15 is 0 Å². The van der Waals surface area contributed by atoms with Crippen LogP contribution in [-0.4, -0.2) is 20.6 Å². The number of fused-ring (bicyclic) bond motifs is 1. The molecule has 0 saturated heterocycles. The monoisotopic (exact) mass is 267 g/mol. The smallest absolute Gasteiger partial charge is 0.103 e. The average molecular weight is 267 g/mol. The summed E-state index contributed by atoms with van der Waals surface area (Å²) in [5, 5.41) is 0. The normalized spacial score (nSPS) is 17.6. The first-order valence-electron chi connectivity index (χ1n) is 7.39. The Bertz CT molecular complexity index is 572. The average Bonchev–Trinajstić information content (AvgIpc) is 2.48. The summed E-state index contributed by atoms with van der Waals surface area (Å²) in [4.78, 5) is 3.81. The van der Waals surface area contributed by atoms with Gasteiger partial charge < -0.3 is 9.80 Å². The molecule has 0 saturated carbocycles. The van der Waals surface area contributed by atoms with Gasteiger partial charge in [0.15, 0.2) is 0 Å². The highest BCUT2D eigenvalue weighted by Crippen LogP contribution is 2.13. The lowest BCUT2D eigenvalue weighted by atomic mass is 9.99. The summed E-state index contributed by atoms with van der Waals surface area (Å²) in [6.45, 7) is 3.53. The molecular formula is C18H23N2+. The van der Waals surface area contributed by atoms with Crippen LogP contribution in [0, 0.1) is 0 Å². The minimum absolute atomic E-state index is 1.13. The number of benzene rings is 2. The van der Waals surface area contributed by atoms with Gasteiger partial charge in [-0.1, -0.05) is 36.4 Å². The fourth-order valence-corrected chi connectivity index (χ4v) is 2.99. The van der Waals surface area contributed by atoms with E-state index in [0.717, 1.165) is 13.1 Å². The van der Waals surface area contributed by atoms with Crippen molar-refractivity contribution in [3.8, 4) is 0 Å². The zero-order valence-electron chi connectivity index (χ0n) is 12.4. The standard InChI is InChI=1S/C18H22N2/c1-19(2)18-9-7-15(8-10-18)13-20-12-11-16-5-3-4-6-17(16)14-20/h3-10H,11-14H2,1-2H3/p+1. The highest BCUT2D eigenvalue weighted by Gasteiger charge is 2.18. The molecule has 0 spiro atoms. The minimum atomic E-state index is 1.13. The third kappa shape index (κ3) is 2.86. The van der Waals surface area contributed by atoms with Crippen LogP contribution in [0.1, 0.15) is 16.7 Å². The third-order valence-corrected chi connectivity index (χ3v) is 4.21. The maximum atomic E-state index is 2.28. The van der Waals surface area contributed by atoms with Gasteiger partial charge in [0.25, 0.3) is 0 Å². The van der Waals surface area contributed by atoms with Crippen LogP contribution in [0.15, 0.2) is 48.5 Å². The highest BCUT2D eigenvalue weighted by atomic mass is 15.1. The fourth-order valence-electron chi connectivity index (χ4n) is 2.99. The molecule has 2 aromatic carbocycles. The number of anilines is 1. The van der Waals surface area contributed by atoms with Crippen molar-refractivity contribution in [3.63, 3.8) is 0 Å². The van der Waals surface area contributed by atoms with Gasteiger partial charge in [0.2, 0.25) is 0 Å². The van der Waals surface area contributed by atoms with E-state index in [-0.39, 0.29) is 0 Å². The summed E-state index contributed by atoms with van der Waals surface area (Å²) >= 11 is 0. The molecule has 2 aromatic rings. The molecule has 104 valence electrons. The zero-order chi connectivity index (χ0) is 13.9. The van der Waals surface area contributed by atoms with Gasteiger partial charge in [0.1, 0.15) is 13.1 Å². The summed E-state index contributed by atoms with van der Waals surface area (Å²) < 4.78 is 0. The van der Waals surface area contributed by atoms with Crippen LogP contribution < -0.4 is 9.80 Å². The summed E-state index contributed by atoms with van der Waals surface area (Å²) in [5.74, 6) is 0. The van der Waals surface area contributed by atoms with Crippen molar-refractivity contribution in [2.24, 2.45) is 0 Å². The number of rotatable bonds is 3. The predicted octanol–water partition coefficient (Wildman–Crippen LogP) is 1.89.